The average Bonchev–Trinajstić information content (AvgIpc) is 3.82. The summed E-state index contributed by atoms with van der Waals surface area (Å²) in [6.45, 7) is 3.95. The minimum absolute atomic E-state index is 0.0300. The van der Waals surface area contributed by atoms with Crippen LogP contribution in [-0.4, -0.2) is 76.0 Å². The lowest BCUT2D eigenvalue weighted by atomic mass is 9.72. The second-order valence-electron chi connectivity index (χ2n) is 14.4. The molecule has 0 amide bonds. The van der Waals surface area contributed by atoms with Crippen LogP contribution in [0.5, 0.6) is 0 Å². The van der Waals surface area contributed by atoms with E-state index >= 15 is 0 Å². The van der Waals surface area contributed by atoms with E-state index in [0.717, 1.165) is 94.7 Å². The molecule has 8 heteroatoms. The fraction of sp³-hybridized carbons (Fsp3) is 0.939. The zero-order valence-electron chi connectivity index (χ0n) is 24.7. The predicted octanol–water partition coefficient (Wildman–Crippen LogP) is 4.85. The molecule has 8 nitrogen and oxygen atoms in total. The van der Waals surface area contributed by atoms with Crippen LogP contribution in [0.15, 0.2) is 0 Å². The summed E-state index contributed by atoms with van der Waals surface area (Å²) in [5.74, 6) is 3.30. The Bertz CT molecular complexity index is 940. The van der Waals surface area contributed by atoms with Gasteiger partial charge in [-0.2, -0.15) is 0 Å². The maximum atomic E-state index is 12.3. The zero-order chi connectivity index (χ0) is 27.8. The Morgan fingerprint density at radius 3 is 2.00 bits per heavy atom. The van der Waals surface area contributed by atoms with Crippen molar-refractivity contribution in [1.29, 1.82) is 0 Å². The van der Waals surface area contributed by atoms with Gasteiger partial charge in [-0.25, -0.2) is 0 Å². The van der Waals surface area contributed by atoms with Gasteiger partial charge in [-0.1, -0.05) is 0 Å². The van der Waals surface area contributed by atoms with E-state index in [0.29, 0.717) is 56.3 Å². The summed E-state index contributed by atoms with van der Waals surface area (Å²) in [6, 6.07) is 0. The van der Waals surface area contributed by atoms with E-state index in [1.54, 1.807) is 0 Å². The highest BCUT2D eigenvalue weighted by Gasteiger charge is 2.60. The molecule has 0 aromatic heterocycles. The van der Waals surface area contributed by atoms with Crippen LogP contribution >= 0.6 is 0 Å². The molecule has 2 aliphatic heterocycles. The Balaban J connectivity index is 0.735. The highest BCUT2D eigenvalue weighted by Crippen LogP contribution is 2.67. The Kier molecular flexibility index (Phi) is 8.64. The van der Waals surface area contributed by atoms with Gasteiger partial charge in [0.2, 0.25) is 0 Å². The molecule has 0 aromatic rings. The minimum atomic E-state index is -0.0472. The third-order valence-electron chi connectivity index (χ3n) is 11.9. The molecule has 0 aromatic carbocycles. The lowest BCUT2D eigenvalue weighted by Gasteiger charge is -2.36. The van der Waals surface area contributed by atoms with Gasteiger partial charge in [0.05, 0.1) is 56.1 Å². The Hall–Kier alpha value is -1.22. The molecule has 2 saturated heterocycles. The molecule has 7 rings (SSSR count). The molecule has 5 saturated carbocycles. The van der Waals surface area contributed by atoms with Crippen molar-refractivity contribution in [3.8, 4) is 0 Å². The largest absolute Gasteiger partial charge is 0.465 e. The number of hydrogen-bond donors (Lipinski definition) is 0. The summed E-state index contributed by atoms with van der Waals surface area (Å²) in [7, 11) is 0. The van der Waals surface area contributed by atoms with Crippen LogP contribution in [0.1, 0.15) is 89.9 Å². The van der Waals surface area contributed by atoms with Gasteiger partial charge in [0.25, 0.3) is 0 Å². The SMILES string of the molecule is O=C(OCCCOCCC1CC2C3CCC(COCCCOC(=O)C4CCC5OC5C4)(C3)C2C1)C1CCC2OC2C1. The number of esters is 2. The van der Waals surface area contributed by atoms with Gasteiger partial charge in [0.15, 0.2) is 0 Å². The molecule has 41 heavy (non-hydrogen) atoms. The van der Waals surface area contributed by atoms with Gasteiger partial charge >= 0.3 is 11.9 Å². The van der Waals surface area contributed by atoms with E-state index in [9.17, 15) is 9.59 Å². The maximum absolute atomic E-state index is 12.3. The van der Waals surface area contributed by atoms with Crippen molar-refractivity contribution in [1.82, 2.24) is 0 Å². The summed E-state index contributed by atoms with van der Waals surface area (Å²) in [6.07, 6.45) is 16.4. The first-order valence-corrected chi connectivity index (χ1v) is 16.9. The molecule has 7 aliphatic rings. The van der Waals surface area contributed by atoms with Crippen LogP contribution < -0.4 is 0 Å². The molecule has 0 radical (unpaired) electrons. The molecular weight excluding hydrogens is 524 g/mol. The van der Waals surface area contributed by atoms with Crippen LogP contribution in [-0.2, 0) is 38.0 Å². The Labute approximate surface area is 244 Å². The van der Waals surface area contributed by atoms with Crippen molar-refractivity contribution in [2.75, 3.05) is 39.6 Å². The van der Waals surface area contributed by atoms with Crippen LogP contribution in [0, 0.1) is 40.9 Å². The van der Waals surface area contributed by atoms with Crippen LogP contribution in [0.2, 0.25) is 0 Å². The highest BCUT2D eigenvalue weighted by molar-refractivity contribution is 5.73. The van der Waals surface area contributed by atoms with Crippen molar-refractivity contribution in [2.24, 2.45) is 40.9 Å². The first-order chi connectivity index (χ1) is 20.1. The average molecular weight is 575 g/mol. The number of carbonyl (C=O) groups excluding carboxylic acids is 2. The van der Waals surface area contributed by atoms with Crippen LogP contribution in [0.4, 0.5) is 0 Å². The van der Waals surface area contributed by atoms with Gasteiger partial charge in [-0.3, -0.25) is 9.59 Å². The first kappa shape index (κ1) is 28.5. The van der Waals surface area contributed by atoms with Crippen LogP contribution in [0.25, 0.3) is 0 Å². The quantitative estimate of drug-likeness (QED) is 0.156. The number of fused-ring (bicyclic) bond motifs is 7. The van der Waals surface area contributed by atoms with Gasteiger partial charge in [-0.15, -0.1) is 0 Å². The smallest absolute Gasteiger partial charge is 0.309 e. The Morgan fingerprint density at radius 1 is 0.683 bits per heavy atom. The topological polar surface area (TPSA) is 96.1 Å². The van der Waals surface area contributed by atoms with Crippen molar-refractivity contribution in [2.45, 2.75) is 114 Å². The minimum Gasteiger partial charge on any atom is -0.465 e. The van der Waals surface area contributed by atoms with E-state index < -0.39 is 0 Å². The summed E-state index contributed by atoms with van der Waals surface area (Å²) in [5, 5.41) is 0. The van der Waals surface area contributed by atoms with Gasteiger partial charge in [-0.05, 0) is 106 Å². The summed E-state index contributed by atoms with van der Waals surface area (Å²) in [4.78, 5) is 24.6. The number of epoxide rings is 2. The summed E-state index contributed by atoms with van der Waals surface area (Å²) >= 11 is 0. The van der Waals surface area contributed by atoms with Crippen molar-refractivity contribution in [3.63, 3.8) is 0 Å². The van der Waals surface area contributed by atoms with Gasteiger partial charge in [0, 0.05) is 32.7 Å². The van der Waals surface area contributed by atoms with Crippen molar-refractivity contribution in [3.05, 3.63) is 0 Å². The first-order valence-electron chi connectivity index (χ1n) is 16.9. The number of carbonyl (C=O) groups is 2. The summed E-state index contributed by atoms with van der Waals surface area (Å²) < 4.78 is 34.3. The second kappa shape index (κ2) is 12.4. The Morgan fingerprint density at radius 2 is 1.34 bits per heavy atom. The van der Waals surface area contributed by atoms with Crippen LogP contribution in [0.3, 0.4) is 0 Å². The molecule has 0 N–H and O–H groups in total. The normalized spacial score (nSPS) is 43.2. The summed E-state index contributed by atoms with van der Waals surface area (Å²) in [5.41, 5.74) is 0.374. The molecular formula is C33H50O8. The maximum Gasteiger partial charge on any atom is 0.309 e. The molecule has 11 unspecified atom stereocenters. The van der Waals surface area contributed by atoms with E-state index in [1.807, 2.05) is 0 Å². The lowest BCUT2D eigenvalue weighted by molar-refractivity contribution is -0.150. The standard InChI is InChI=1S/C33H50O8/c34-31(22-3-5-27-29(17-22)40-27)38-12-1-10-36-14-8-21-15-25-24-7-9-33(19-24,26(25)16-21)20-37-11-2-13-39-32(35)23-4-6-28-30(18-23)41-28/h21-30H,1-20H2. The zero-order valence-corrected chi connectivity index (χ0v) is 24.7. The number of rotatable bonds is 15. The highest BCUT2D eigenvalue weighted by atomic mass is 16.6. The molecule has 0 spiro atoms. The predicted molar refractivity (Wildman–Crippen MR) is 149 cm³/mol. The molecule has 2 heterocycles. The molecule has 2 bridgehead atoms. The third-order valence-corrected chi connectivity index (χ3v) is 11.9. The molecule has 5 aliphatic carbocycles. The van der Waals surface area contributed by atoms with E-state index in [4.69, 9.17) is 28.4 Å². The van der Waals surface area contributed by atoms with E-state index in [2.05, 4.69) is 0 Å². The number of ether oxygens (including phenoxy) is 6. The molecule has 7 fully saturated rings. The van der Waals surface area contributed by atoms with Gasteiger partial charge in [0.1, 0.15) is 0 Å². The number of hydrogen-bond acceptors (Lipinski definition) is 8. The van der Waals surface area contributed by atoms with Gasteiger partial charge < -0.3 is 28.4 Å². The fourth-order valence-corrected chi connectivity index (χ4v) is 9.55. The monoisotopic (exact) mass is 574 g/mol. The fourth-order valence-electron chi connectivity index (χ4n) is 9.55. The lowest BCUT2D eigenvalue weighted by Crippen LogP contribution is -2.32. The van der Waals surface area contributed by atoms with Crippen molar-refractivity contribution >= 4 is 11.9 Å². The third kappa shape index (κ3) is 6.51. The molecule has 230 valence electrons. The molecule has 11 atom stereocenters. The van der Waals surface area contributed by atoms with Crippen molar-refractivity contribution < 1.29 is 38.0 Å². The van der Waals surface area contributed by atoms with E-state index in [1.165, 1.54) is 32.1 Å². The second-order valence-corrected chi connectivity index (χ2v) is 14.4. The van der Waals surface area contributed by atoms with E-state index in [-0.39, 0.29) is 23.8 Å².